The normalized spacial score (nSPS) is 17.9. The van der Waals surface area contributed by atoms with Crippen LogP contribution in [0.2, 0.25) is 0 Å². The topological polar surface area (TPSA) is 67.8 Å². The summed E-state index contributed by atoms with van der Waals surface area (Å²) in [6.07, 6.45) is 0.872. The SMILES string of the molecule is C[C@@H](NC[C@@H]1C[C@H](c2ccc(OCC(=O)O)cc2)c2ccccc2O1)c1cccc2ccccc12. The number of hydrogen-bond donors (Lipinski definition) is 2. The molecule has 0 bridgehead atoms. The van der Waals surface area contributed by atoms with Crippen LogP contribution in [0, 0.1) is 0 Å². The van der Waals surface area contributed by atoms with E-state index in [1.807, 2.05) is 42.5 Å². The average Bonchev–Trinajstić information content (AvgIpc) is 2.90. The molecule has 5 rings (SSSR count). The highest BCUT2D eigenvalue weighted by molar-refractivity contribution is 5.86. The van der Waals surface area contributed by atoms with E-state index in [0.29, 0.717) is 5.75 Å². The predicted molar refractivity (Wildman–Crippen MR) is 137 cm³/mol. The number of carboxylic acid groups (broad SMARTS) is 1. The van der Waals surface area contributed by atoms with Crippen LogP contribution in [-0.4, -0.2) is 30.3 Å². The number of hydrogen-bond acceptors (Lipinski definition) is 4. The van der Waals surface area contributed by atoms with Gasteiger partial charge in [-0.3, -0.25) is 0 Å². The summed E-state index contributed by atoms with van der Waals surface area (Å²) in [5, 5.41) is 15.1. The van der Waals surface area contributed by atoms with Gasteiger partial charge in [-0.2, -0.15) is 0 Å². The van der Waals surface area contributed by atoms with Gasteiger partial charge in [-0.05, 0) is 53.4 Å². The molecule has 0 unspecified atom stereocenters. The van der Waals surface area contributed by atoms with Crippen LogP contribution in [-0.2, 0) is 4.79 Å². The van der Waals surface area contributed by atoms with Crippen LogP contribution < -0.4 is 14.8 Å². The molecule has 0 saturated heterocycles. The van der Waals surface area contributed by atoms with Gasteiger partial charge in [0.15, 0.2) is 6.61 Å². The first kappa shape index (κ1) is 22.9. The molecule has 0 aliphatic carbocycles. The summed E-state index contributed by atoms with van der Waals surface area (Å²) in [4.78, 5) is 10.8. The maximum Gasteiger partial charge on any atom is 0.341 e. The minimum Gasteiger partial charge on any atom is -0.489 e. The third kappa shape index (κ3) is 5.15. The first-order chi connectivity index (χ1) is 17.1. The van der Waals surface area contributed by atoms with Crippen molar-refractivity contribution in [3.05, 3.63) is 108 Å². The lowest BCUT2D eigenvalue weighted by molar-refractivity contribution is -0.139. The molecule has 2 N–H and O–H groups in total. The lowest BCUT2D eigenvalue weighted by Crippen LogP contribution is -2.37. The van der Waals surface area contributed by atoms with E-state index in [2.05, 4.69) is 60.8 Å². The monoisotopic (exact) mass is 467 g/mol. The van der Waals surface area contributed by atoms with Crippen LogP contribution in [0.3, 0.4) is 0 Å². The van der Waals surface area contributed by atoms with Gasteiger partial charge in [0.05, 0.1) is 0 Å². The number of para-hydroxylation sites is 1. The molecular weight excluding hydrogens is 438 g/mol. The van der Waals surface area contributed by atoms with E-state index in [1.165, 1.54) is 21.9 Å². The molecule has 0 radical (unpaired) electrons. The number of ether oxygens (including phenoxy) is 2. The van der Waals surface area contributed by atoms with Gasteiger partial charge in [0, 0.05) is 24.1 Å². The summed E-state index contributed by atoms with van der Waals surface area (Å²) < 4.78 is 11.7. The Balaban J connectivity index is 1.32. The summed E-state index contributed by atoms with van der Waals surface area (Å²) in [6.45, 7) is 2.59. The molecular formula is C30H29NO4. The first-order valence-electron chi connectivity index (χ1n) is 12.0. The number of carboxylic acids is 1. The van der Waals surface area contributed by atoms with E-state index in [9.17, 15) is 4.79 Å². The molecule has 0 saturated carbocycles. The quantitative estimate of drug-likeness (QED) is 0.336. The highest BCUT2D eigenvalue weighted by atomic mass is 16.5. The fraction of sp³-hybridized carbons (Fsp3) is 0.233. The zero-order valence-corrected chi connectivity index (χ0v) is 19.7. The lowest BCUT2D eigenvalue weighted by atomic mass is 9.84. The molecule has 4 aromatic rings. The smallest absolute Gasteiger partial charge is 0.341 e. The molecule has 0 fully saturated rings. The molecule has 178 valence electrons. The van der Waals surface area contributed by atoms with Crippen molar-refractivity contribution in [2.75, 3.05) is 13.2 Å². The number of rotatable bonds is 8. The van der Waals surface area contributed by atoms with E-state index in [-0.39, 0.29) is 24.7 Å². The highest BCUT2D eigenvalue weighted by Gasteiger charge is 2.29. The van der Waals surface area contributed by atoms with Crippen LogP contribution >= 0.6 is 0 Å². The third-order valence-corrected chi connectivity index (χ3v) is 6.67. The maximum atomic E-state index is 10.8. The summed E-state index contributed by atoms with van der Waals surface area (Å²) >= 11 is 0. The Labute approximate surface area is 205 Å². The fourth-order valence-electron chi connectivity index (χ4n) is 4.92. The van der Waals surface area contributed by atoms with Gasteiger partial charge in [0.2, 0.25) is 0 Å². The van der Waals surface area contributed by atoms with Gasteiger partial charge in [0.1, 0.15) is 17.6 Å². The molecule has 0 amide bonds. The Morgan fingerprint density at radius 1 is 1.00 bits per heavy atom. The Bertz CT molecular complexity index is 1310. The second kappa shape index (κ2) is 10.2. The Hall–Kier alpha value is -3.83. The molecule has 4 aromatic carbocycles. The standard InChI is InChI=1S/C30H29NO4/c1-20(25-11-6-8-21-7-2-3-9-26(21)25)31-18-24-17-28(27-10-4-5-12-29(27)35-24)22-13-15-23(16-14-22)34-19-30(32)33/h2-16,20,24,28,31H,17-19H2,1H3,(H,32,33)/t20-,24+,28-/m1/s1. The Kier molecular flexibility index (Phi) is 6.68. The van der Waals surface area contributed by atoms with Crippen LogP contribution in [0.1, 0.15) is 42.0 Å². The van der Waals surface area contributed by atoms with Gasteiger partial charge in [-0.25, -0.2) is 4.79 Å². The minimum absolute atomic E-state index is 0.0234. The van der Waals surface area contributed by atoms with E-state index in [0.717, 1.165) is 24.3 Å². The first-order valence-corrected chi connectivity index (χ1v) is 12.0. The predicted octanol–water partition coefficient (Wildman–Crippen LogP) is 5.94. The van der Waals surface area contributed by atoms with E-state index < -0.39 is 5.97 Å². The Morgan fingerprint density at radius 2 is 1.74 bits per heavy atom. The zero-order valence-electron chi connectivity index (χ0n) is 19.7. The summed E-state index contributed by atoms with van der Waals surface area (Å²) in [5.41, 5.74) is 3.62. The van der Waals surface area contributed by atoms with E-state index >= 15 is 0 Å². The molecule has 35 heavy (non-hydrogen) atoms. The number of nitrogens with one attached hydrogen (secondary N) is 1. The molecule has 5 heteroatoms. The summed E-state index contributed by atoms with van der Waals surface area (Å²) in [5.74, 6) is 0.673. The highest BCUT2D eigenvalue weighted by Crippen LogP contribution is 2.40. The van der Waals surface area contributed by atoms with Crippen molar-refractivity contribution in [3.63, 3.8) is 0 Å². The van der Waals surface area contributed by atoms with Gasteiger partial charge >= 0.3 is 5.97 Å². The van der Waals surface area contributed by atoms with Crippen molar-refractivity contribution in [3.8, 4) is 11.5 Å². The van der Waals surface area contributed by atoms with Gasteiger partial charge < -0.3 is 19.9 Å². The van der Waals surface area contributed by atoms with Gasteiger partial charge in [0.25, 0.3) is 0 Å². The van der Waals surface area contributed by atoms with Crippen molar-refractivity contribution in [2.24, 2.45) is 0 Å². The largest absolute Gasteiger partial charge is 0.489 e. The molecule has 1 aliphatic heterocycles. The van der Waals surface area contributed by atoms with Crippen molar-refractivity contribution in [1.82, 2.24) is 5.32 Å². The van der Waals surface area contributed by atoms with Crippen LogP contribution in [0.15, 0.2) is 91.0 Å². The molecule has 5 nitrogen and oxygen atoms in total. The van der Waals surface area contributed by atoms with Gasteiger partial charge in [-0.15, -0.1) is 0 Å². The average molecular weight is 468 g/mol. The van der Waals surface area contributed by atoms with Gasteiger partial charge in [-0.1, -0.05) is 72.8 Å². The molecule has 0 aromatic heterocycles. The molecule has 0 spiro atoms. The number of benzene rings is 4. The summed E-state index contributed by atoms with van der Waals surface area (Å²) in [7, 11) is 0. The maximum absolute atomic E-state index is 10.8. The number of aliphatic carboxylic acids is 1. The van der Waals surface area contributed by atoms with Crippen molar-refractivity contribution < 1.29 is 19.4 Å². The lowest BCUT2D eigenvalue weighted by Gasteiger charge is -2.33. The van der Waals surface area contributed by atoms with Crippen molar-refractivity contribution in [1.29, 1.82) is 0 Å². The second-order valence-corrected chi connectivity index (χ2v) is 9.02. The number of carbonyl (C=O) groups is 1. The van der Waals surface area contributed by atoms with Crippen molar-refractivity contribution in [2.45, 2.75) is 31.4 Å². The van der Waals surface area contributed by atoms with E-state index in [4.69, 9.17) is 14.6 Å². The van der Waals surface area contributed by atoms with Crippen LogP contribution in [0.25, 0.3) is 10.8 Å². The fourth-order valence-corrected chi connectivity index (χ4v) is 4.92. The Morgan fingerprint density at radius 3 is 2.57 bits per heavy atom. The number of fused-ring (bicyclic) bond motifs is 2. The molecule has 3 atom stereocenters. The molecule has 1 heterocycles. The van der Waals surface area contributed by atoms with E-state index in [1.54, 1.807) is 0 Å². The van der Waals surface area contributed by atoms with Crippen LogP contribution in [0.5, 0.6) is 11.5 Å². The summed E-state index contributed by atoms with van der Waals surface area (Å²) in [6, 6.07) is 31.0. The zero-order chi connectivity index (χ0) is 24.2. The molecule has 1 aliphatic rings. The van der Waals surface area contributed by atoms with Crippen LogP contribution in [0.4, 0.5) is 0 Å². The van der Waals surface area contributed by atoms with Crippen molar-refractivity contribution >= 4 is 16.7 Å². The third-order valence-electron chi connectivity index (χ3n) is 6.67. The second-order valence-electron chi connectivity index (χ2n) is 9.02. The minimum atomic E-state index is -0.986.